The molecule has 2 fully saturated rings. The zero-order valence-corrected chi connectivity index (χ0v) is 13.6. The number of hydrogen-bond acceptors (Lipinski definition) is 4. The molecule has 1 amide bonds. The van der Waals surface area contributed by atoms with Gasteiger partial charge in [-0.1, -0.05) is 37.3 Å². The third-order valence-electron chi connectivity index (χ3n) is 5.14. The van der Waals surface area contributed by atoms with E-state index < -0.39 is 0 Å². The molecule has 1 aromatic rings. The SMILES string of the molecule is Cc1noc([C@H]2CCCCN2C(=O)CCC2CCCCC2)n1. The Kier molecular flexibility index (Phi) is 5.11. The largest absolute Gasteiger partial charge is 0.337 e. The van der Waals surface area contributed by atoms with Crippen molar-refractivity contribution in [2.75, 3.05) is 6.54 Å². The molecule has 0 unspecified atom stereocenters. The molecule has 1 atom stereocenters. The van der Waals surface area contributed by atoms with Crippen molar-refractivity contribution in [3.63, 3.8) is 0 Å². The van der Waals surface area contributed by atoms with E-state index in [1.165, 1.54) is 32.1 Å². The molecule has 1 aliphatic carbocycles. The van der Waals surface area contributed by atoms with Gasteiger partial charge in [-0.2, -0.15) is 4.98 Å². The Morgan fingerprint density at radius 3 is 2.68 bits per heavy atom. The van der Waals surface area contributed by atoms with Crippen LogP contribution in [0, 0.1) is 12.8 Å². The number of rotatable bonds is 4. The maximum atomic E-state index is 12.7. The summed E-state index contributed by atoms with van der Waals surface area (Å²) in [5.74, 6) is 2.29. The number of nitrogens with zero attached hydrogens (tertiary/aromatic N) is 3. The van der Waals surface area contributed by atoms with Gasteiger partial charge in [0, 0.05) is 13.0 Å². The summed E-state index contributed by atoms with van der Waals surface area (Å²) < 4.78 is 5.32. The molecule has 0 aromatic carbocycles. The van der Waals surface area contributed by atoms with Crippen LogP contribution in [0.1, 0.15) is 82.0 Å². The van der Waals surface area contributed by atoms with Crippen LogP contribution in [0.2, 0.25) is 0 Å². The topological polar surface area (TPSA) is 59.2 Å². The van der Waals surface area contributed by atoms with Crippen molar-refractivity contribution < 1.29 is 9.32 Å². The van der Waals surface area contributed by atoms with Gasteiger partial charge >= 0.3 is 0 Å². The Morgan fingerprint density at radius 2 is 1.95 bits per heavy atom. The highest BCUT2D eigenvalue weighted by molar-refractivity contribution is 5.76. The van der Waals surface area contributed by atoms with Gasteiger partial charge in [0.2, 0.25) is 11.8 Å². The average molecular weight is 305 g/mol. The van der Waals surface area contributed by atoms with Gasteiger partial charge in [-0.3, -0.25) is 4.79 Å². The van der Waals surface area contributed by atoms with Crippen molar-refractivity contribution in [1.29, 1.82) is 0 Å². The number of likely N-dealkylation sites (tertiary alicyclic amines) is 1. The van der Waals surface area contributed by atoms with Crippen LogP contribution < -0.4 is 0 Å². The normalized spacial score (nSPS) is 23.7. The monoisotopic (exact) mass is 305 g/mol. The summed E-state index contributed by atoms with van der Waals surface area (Å²) in [6.45, 7) is 2.65. The number of aryl methyl sites for hydroxylation is 1. The van der Waals surface area contributed by atoms with Gasteiger partial charge in [-0.05, 0) is 38.5 Å². The standard InChI is InChI=1S/C17H27N3O2/c1-13-18-17(22-19-13)15-9-5-6-12-20(15)16(21)11-10-14-7-3-2-4-8-14/h14-15H,2-12H2,1H3/t15-/m1/s1. The molecule has 2 aliphatic rings. The molecule has 122 valence electrons. The van der Waals surface area contributed by atoms with Crippen LogP contribution in [0.4, 0.5) is 0 Å². The quantitative estimate of drug-likeness (QED) is 0.849. The van der Waals surface area contributed by atoms with Crippen molar-refractivity contribution in [2.24, 2.45) is 5.92 Å². The minimum atomic E-state index is -0.00574. The number of hydrogen-bond donors (Lipinski definition) is 0. The molecule has 0 radical (unpaired) electrons. The molecule has 0 spiro atoms. The zero-order chi connectivity index (χ0) is 15.4. The van der Waals surface area contributed by atoms with Crippen LogP contribution in [-0.2, 0) is 4.79 Å². The van der Waals surface area contributed by atoms with Crippen molar-refractivity contribution in [2.45, 2.75) is 77.2 Å². The highest BCUT2D eigenvalue weighted by Crippen LogP contribution is 2.32. The Morgan fingerprint density at radius 1 is 1.18 bits per heavy atom. The molecule has 0 bridgehead atoms. The minimum absolute atomic E-state index is 0.00574. The van der Waals surface area contributed by atoms with Gasteiger partial charge < -0.3 is 9.42 Å². The summed E-state index contributed by atoms with van der Waals surface area (Å²) >= 11 is 0. The molecule has 1 aliphatic heterocycles. The smallest absolute Gasteiger partial charge is 0.249 e. The van der Waals surface area contributed by atoms with E-state index in [1.54, 1.807) is 0 Å². The Balaban J connectivity index is 1.58. The fraction of sp³-hybridized carbons (Fsp3) is 0.824. The number of carbonyl (C=O) groups excluding carboxylic acids is 1. The van der Waals surface area contributed by atoms with Gasteiger partial charge in [0.1, 0.15) is 6.04 Å². The lowest BCUT2D eigenvalue weighted by Crippen LogP contribution is -2.38. The number of amides is 1. The molecule has 1 saturated heterocycles. The number of piperidine rings is 1. The Bertz CT molecular complexity index is 494. The van der Waals surface area contributed by atoms with Crippen molar-refractivity contribution >= 4 is 5.91 Å². The molecule has 1 aromatic heterocycles. The van der Waals surface area contributed by atoms with E-state index in [0.29, 0.717) is 18.1 Å². The van der Waals surface area contributed by atoms with Crippen LogP contribution in [-0.4, -0.2) is 27.5 Å². The van der Waals surface area contributed by atoms with E-state index in [2.05, 4.69) is 10.1 Å². The third-order valence-corrected chi connectivity index (χ3v) is 5.14. The van der Waals surface area contributed by atoms with Gasteiger partial charge in [-0.25, -0.2) is 0 Å². The van der Waals surface area contributed by atoms with E-state index in [4.69, 9.17) is 4.52 Å². The molecule has 5 heteroatoms. The highest BCUT2D eigenvalue weighted by Gasteiger charge is 2.31. The average Bonchev–Trinajstić information content (AvgIpc) is 3.00. The van der Waals surface area contributed by atoms with Crippen LogP contribution in [0.15, 0.2) is 4.52 Å². The summed E-state index contributed by atoms with van der Waals surface area (Å²) in [5, 5.41) is 3.88. The Hall–Kier alpha value is -1.39. The summed E-state index contributed by atoms with van der Waals surface area (Å²) in [6.07, 6.45) is 11.5. The first-order valence-electron chi connectivity index (χ1n) is 8.83. The minimum Gasteiger partial charge on any atom is -0.337 e. The summed E-state index contributed by atoms with van der Waals surface area (Å²) in [6, 6.07) is -0.00574. The van der Waals surface area contributed by atoms with Crippen molar-refractivity contribution in [3.05, 3.63) is 11.7 Å². The number of aromatic nitrogens is 2. The fourth-order valence-corrected chi connectivity index (χ4v) is 3.88. The molecular weight excluding hydrogens is 278 g/mol. The number of carbonyl (C=O) groups is 1. The second-order valence-electron chi connectivity index (χ2n) is 6.82. The zero-order valence-electron chi connectivity index (χ0n) is 13.6. The lowest BCUT2D eigenvalue weighted by Gasteiger charge is -2.34. The lowest BCUT2D eigenvalue weighted by molar-refractivity contribution is -0.136. The molecule has 5 nitrogen and oxygen atoms in total. The first-order valence-corrected chi connectivity index (χ1v) is 8.83. The first kappa shape index (κ1) is 15.5. The second kappa shape index (κ2) is 7.25. The van der Waals surface area contributed by atoms with E-state index >= 15 is 0 Å². The van der Waals surface area contributed by atoms with E-state index in [-0.39, 0.29) is 11.9 Å². The van der Waals surface area contributed by atoms with Gasteiger partial charge in [-0.15, -0.1) is 0 Å². The predicted molar refractivity (Wildman–Crippen MR) is 83.1 cm³/mol. The molecule has 1 saturated carbocycles. The van der Waals surface area contributed by atoms with E-state index in [9.17, 15) is 4.79 Å². The second-order valence-corrected chi connectivity index (χ2v) is 6.82. The summed E-state index contributed by atoms with van der Waals surface area (Å²) in [5.41, 5.74) is 0. The van der Waals surface area contributed by atoms with E-state index in [0.717, 1.165) is 38.1 Å². The van der Waals surface area contributed by atoms with Crippen molar-refractivity contribution in [1.82, 2.24) is 15.0 Å². The first-order chi connectivity index (χ1) is 10.7. The third kappa shape index (κ3) is 3.68. The van der Waals surface area contributed by atoms with Gasteiger partial charge in [0.25, 0.3) is 0 Å². The van der Waals surface area contributed by atoms with E-state index in [1.807, 2.05) is 11.8 Å². The van der Waals surface area contributed by atoms with Crippen LogP contribution in [0.25, 0.3) is 0 Å². The van der Waals surface area contributed by atoms with Crippen LogP contribution in [0.3, 0.4) is 0 Å². The van der Waals surface area contributed by atoms with Crippen LogP contribution in [0.5, 0.6) is 0 Å². The molecule has 0 N–H and O–H groups in total. The molecule has 2 heterocycles. The summed E-state index contributed by atoms with van der Waals surface area (Å²) in [7, 11) is 0. The molecule has 3 rings (SSSR count). The molecular formula is C17H27N3O2. The fourth-order valence-electron chi connectivity index (χ4n) is 3.88. The lowest BCUT2D eigenvalue weighted by atomic mass is 9.86. The summed E-state index contributed by atoms with van der Waals surface area (Å²) in [4.78, 5) is 19.0. The maximum Gasteiger partial charge on any atom is 0.249 e. The van der Waals surface area contributed by atoms with Crippen LogP contribution >= 0.6 is 0 Å². The molecule has 22 heavy (non-hydrogen) atoms. The van der Waals surface area contributed by atoms with Crippen molar-refractivity contribution in [3.8, 4) is 0 Å². The highest BCUT2D eigenvalue weighted by atomic mass is 16.5. The van der Waals surface area contributed by atoms with Gasteiger partial charge in [0.15, 0.2) is 5.82 Å². The predicted octanol–water partition coefficient (Wildman–Crippen LogP) is 3.79. The maximum absolute atomic E-state index is 12.7. The Labute approximate surface area is 132 Å². The van der Waals surface area contributed by atoms with Gasteiger partial charge in [0.05, 0.1) is 0 Å².